The van der Waals surface area contributed by atoms with Crippen molar-refractivity contribution < 1.29 is 14.1 Å². The summed E-state index contributed by atoms with van der Waals surface area (Å²) in [5.74, 6) is 0.154. The van der Waals surface area contributed by atoms with Crippen molar-refractivity contribution in [1.29, 1.82) is 0 Å². The lowest BCUT2D eigenvalue weighted by Gasteiger charge is -2.34. The van der Waals surface area contributed by atoms with Crippen molar-refractivity contribution >= 4 is 22.8 Å². The Morgan fingerprint density at radius 2 is 1.61 bits per heavy atom. The Bertz CT molecular complexity index is 1210. The molecule has 0 N–H and O–H groups in total. The van der Waals surface area contributed by atoms with E-state index in [4.69, 9.17) is 14.6 Å². The summed E-state index contributed by atoms with van der Waals surface area (Å²) in [4.78, 5) is 34.7. The average molecular weight is 453 g/mol. The number of carbonyl (C=O) groups excluding carboxylic acids is 2. The number of hydrogen-bond acceptors (Lipinski definition) is 6. The Morgan fingerprint density at radius 1 is 1.00 bits per heavy atom. The number of amides is 2. The highest BCUT2D eigenvalue weighted by molar-refractivity contribution is 6.06. The number of hydrogen-bond donors (Lipinski definition) is 0. The molecule has 1 saturated heterocycles. The van der Waals surface area contributed by atoms with Crippen LogP contribution in [0.5, 0.6) is 0 Å². The van der Waals surface area contributed by atoms with E-state index in [1.807, 2.05) is 22.6 Å². The minimum Gasteiger partial charge on any atom is -0.351 e. The smallest absolute Gasteiger partial charge is 0.292 e. The summed E-state index contributed by atoms with van der Waals surface area (Å²) in [6.45, 7) is 15.9. The van der Waals surface area contributed by atoms with Crippen molar-refractivity contribution in [1.82, 2.24) is 29.7 Å². The molecule has 0 unspecified atom stereocenters. The summed E-state index contributed by atoms with van der Waals surface area (Å²) in [5, 5.41) is 9.33. The van der Waals surface area contributed by atoms with Crippen molar-refractivity contribution in [2.24, 2.45) is 0 Å². The van der Waals surface area contributed by atoms with Crippen LogP contribution in [0, 0.1) is 13.8 Å². The Balaban J connectivity index is 1.63. The van der Waals surface area contributed by atoms with Crippen LogP contribution in [0.4, 0.5) is 0 Å². The molecule has 9 heteroatoms. The summed E-state index contributed by atoms with van der Waals surface area (Å²) in [7, 11) is 0. The van der Waals surface area contributed by atoms with Gasteiger partial charge in [0.25, 0.3) is 11.8 Å². The predicted octanol–water partition coefficient (Wildman–Crippen LogP) is 3.51. The molecule has 1 aliphatic rings. The molecule has 0 spiro atoms. The first-order valence-corrected chi connectivity index (χ1v) is 11.4. The fourth-order valence-electron chi connectivity index (χ4n) is 4.14. The second kappa shape index (κ2) is 8.28. The van der Waals surface area contributed by atoms with Crippen LogP contribution in [0.2, 0.25) is 0 Å². The Labute approximate surface area is 193 Å². The Kier molecular flexibility index (Phi) is 5.76. The minimum atomic E-state index is -0.263. The van der Waals surface area contributed by atoms with Crippen molar-refractivity contribution in [2.45, 2.75) is 59.9 Å². The third-order valence-corrected chi connectivity index (χ3v) is 5.98. The standard InChI is InChI=1S/C24H32N6O3/c1-14(2)18-13-17(20-16(4)26-30(21(20)25-18)24(5,6)7)22(31)28-8-10-29(11-9-28)23(32)19-12-15(3)27-33-19/h12-14H,8-11H2,1-7H3. The van der Waals surface area contributed by atoms with Crippen molar-refractivity contribution in [3.63, 3.8) is 0 Å². The van der Waals surface area contributed by atoms with E-state index in [1.54, 1.807) is 17.9 Å². The van der Waals surface area contributed by atoms with E-state index in [1.165, 1.54) is 0 Å². The van der Waals surface area contributed by atoms with E-state index in [0.29, 0.717) is 37.4 Å². The Morgan fingerprint density at radius 3 is 2.12 bits per heavy atom. The maximum atomic E-state index is 13.7. The summed E-state index contributed by atoms with van der Waals surface area (Å²) < 4.78 is 7.02. The predicted molar refractivity (Wildman–Crippen MR) is 124 cm³/mol. The van der Waals surface area contributed by atoms with Crippen LogP contribution in [-0.4, -0.2) is 67.7 Å². The van der Waals surface area contributed by atoms with E-state index in [9.17, 15) is 9.59 Å². The molecule has 3 aromatic rings. The van der Waals surface area contributed by atoms with Gasteiger partial charge in [0.05, 0.1) is 27.9 Å². The molecule has 0 aliphatic carbocycles. The fourth-order valence-corrected chi connectivity index (χ4v) is 4.14. The summed E-state index contributed by atoms with van der Waals surface area (Å²) in [6, 6.07) is 3.54. The van der Waals surface area contributed by atoms with Crippen LogP contribution in [-0.2, 0) is 5.54 Å². The zero-order valence-electron chi connectivity index (χ0n) is 20.5. The van der Waals surface area contributed by atoms with Crippen LogP contribution in [0.3, 0.4) is 0 Å². The molecule has 3 aromatic heterocycles. The van der Waals surface area contributed by atoms with E-state index < -0.39 is 0 Å². The quantitative estimate of drug-likeness (QED) is 0.603. The van der Waals surface area contributed by atoms with Gasteiger partial charge >= 0.3 is 0 Å². The monoisotopic (exact) mass is 452 g/mol. The van der Waals surface area contributed by atoms with Gasteiger partial charge in [-0.2, -0.15) is 5.10 Å². The van der Waals surface area contributed by atoms with Crippen LogP contribution < -0.4 is 0 Å². The Hall–Kier alpha value is -3.23. The molecular formula is C24H32N6O3. The second-order valence-electron chi connectivity index (χ2n) is 10.0. The number of aryl methyl sites for hydroxylation is 2. The molecule has 0 saturated carbocycles. The molecule has 0 atom stereocenters. The molecular weight excluding hydrogens is 420 g/mol. The summed E-state index contributed by atoms with van der Waals surface area (Å²) in [6.07, 6.45) is 0. The van der Waals surface area contributed by atoms with Gasteiger partial charge in [-0.1, -0.05) is 19.0 Å². The van der Waals surface area contributed by atoms with Gasteiger partial charge in [0.2, 0.25) is 5.76 Å². The second-order valence-corrected chi connectivity index (χ2v) is 10.0. The zero-order chi connectivity index (χ0) is 24.1. The van der Waals surface area contributed by atoms with E-state index >= 15 is 0 Å². The topological polar surface area (TPSA) is 97.4 Å². The number of rotatable bonds is 3. The number of aromatic nitrogens is 4. The first kappa shape index (κ1) is 22.9. The van der Waals surface area contributed by atoms with Gasteiger partial charge in [-0.05, 0) is 46.6 Å². The van der Waals surface area contributed by atoms with Gasteiger partial charge in [-0.3, -0.25) is 9.59 Å². The zero-order valence-corrected chi connectivity index (χ0v) is 20.5. The van der Waals surface area contributed by atoms with E-state index in [0.717, 1.165) is 22.4 Å². The van der Waals surface area contributed by atoms with Gasteiger partial charge in [-0.15, -0.1) is 0 Å². The molecule has 1 fully saturated rings. The normalized spacial score (nSPS) is 15.0. The maximum absolute atomic E-state index is 13.7. The third kappa shape index (κ3) is 4.24. The minimum absolute atomic E-state index is 0.0523. The highest BCUT2D eigenvalue weighted by Gasteiger charge is 2.30. The van der Waals surface area contributed by atoms with Crippen molar-refractivity contribution in [2.75, 3.05) is 26.2 Å². The number of piperazine rings is 1. The van der Waals surface area contributed by atoms with Crippen molar-refractivity contribution in [3.05, 3.63) is 40.5 Å². The van der Waals surface area contributed by atoms with Crippen molar-refractivity contribution in [3.8, 4) is 0 Å². The lowest BCUT2D eigenvalue weighted by Crippen LogP contribution is -2.50. The van der Waals surface area contributed by atoms with E-state index in [-0.39, 0.29) is 29.0 Å². The molecule has 4 heterocycles. The molecule has 2 amide bonds. The van der Waals surface area contributed by atoms with Gasteiger partial charge in [-0.25, -0.2) is 9.67 Å². The largest absolute Gasteiger partial charge is 0.351 e. The summed E-state index contributed by atoms with van der Waals surface area (Å²) >= 11 is 0. The molecule has 0 radical (unpaired) electrons. The highest BCUT2D eigenvalue weighted by atomic mass is 16.5. The van der Waals surface area contributed by atoms with Gasteiger partial charge in [0.15, 0.2) is 5.65 Å². The number of nitrogens with zero attached hydrogens (tertiary/aromatic N) is 6. The first-order chi connectivity index (χ1) is 15.5. The fraction of sp³-hybridized carbons (Fsp3) is 0.542. The first-order valence-electron chi connectivity index (χ1n) is 11.4. The molecule has 1 aliphatic heterocycles. The number of pyridine rings is 1. The lowest BCUT2D eigenvalue weighted by atomic mass is 10.0. The highest BCUT2D eigenvalue weighted by Crippen LogP contribution is 2.30. The summed E-state index contributed by atoms with van der Waals surface area (Å²) in [5.41, 5.74) is 3.43. The molecule has 176 valence electrons. The molecule has 0 aromatic carbocycles. The molecule has 0 bridgehead atoms. The molecule has 33 heavy (non-hydrogen) atoms. The molecule has 9 nitrogen and oxygen atoms in total. The number of carbonyl (C=O) groups is 2. The van der Waals surface area contributed by atoms with Gasteiger partial charge in [0, 0.05) is 37.9 Å². The van der Waals surface area contributed by atoms with Crippen LogP contribution >= 0.6 is 0 Å². The van der Waals surface area contributed by atoms with Crippen LogP contribution in [0.25, 0.3) is 11.0 Å². The van der Waals surface area contributed by atoms with Gasteiger partial charge < -0.3 is 14.3 Å². The SMILES string of the molecule is Cc1cc(C(=O)N2CCN(C(=O)c3cc(C(C)C)nc4c3c(C)nn4C(C)(C)C)CC2)on1. The maximum Gasteiger partial charge on any atom is 0.292 e. The third-order valence-electron chi connectivity index (χ3n) is 5.98. The molecule has 4 rings (SSSR count). The van der Waals surface area contributed by atoms with E-state index in [2.05, 4.69) is 39.8 Å². The van der Waals surface area contributed by atoms with Crippen LogP contribution in [0.15, 0.2) is 16.7 Å². The van der Waals surface area contributed by atoms with Crippen LogP contribution in [0.1, 0.15) is 78.5 Å². The number of fused-ring (bicyclic) bond motifs is 1. The van der Waals surface area contributed by atoms with Gasteiger partial charge in [0.1, 0.15) is 0 Å². The average Bonchev–Trinajstić information content (AvgIpc) is 3.35. The lowest BCUT2D eigenvalue weighted by molar-refractivity contribution is 0.0513.